The summed E-state index contributed by atoms with van der Waals surface area (Å²) in [6.07, 6.45) is 6.11. The maximum Gasteiger partial charge on any atom is 0.350 e. The van der Waals surface area contributed by atoms with Crippen LogP contribution >= 0.6 is 0 Å². The van der Waals surface area contributed by atoms with Gasteiger partial charge in [0.25, 0.3) is 0 Å². The van der Waals surface area contributed by atoms with E-state index in [-0.39, 0.29) is 5.69 Å². The topological polar surface area (TPSA) is 42.5 Å². The molecule has 0 radical (unpaired) electrons. The van der Waals surface area contributed by atoms with Crippen LogP contribution in [0.25, 0.3) is 11.2 Å². The number of hydrogen-bond acceptors (Lipinski definition) is 3. The van der Waals surface area contributed by atoms with Gasteiger partial charge in [-0.25, -0.2) is 9.48 Å². The van der Waals surface area contributed by atoms with Crippen LogP contribution in [0.1, 0.15) is 24.0 Å². The third kappa shape index (κ3) is 3.48. The molecule has 0 fully saturated rings. The maximum atomic E-state index is 12.3. The molecule has 2 aromatic heterocycles. The Morgan fingerprint density at radius 3 is 2.65 bits per heavy atom. The van der Waals surface area contributed by atoms with E-state index in [0.29, 0.717) is 12.2 Å². The summed E-state index contributed by atoms with van der Waals surface area (Å²) in [6, 6.07) is 14.4. The molecule has 5 nitrogen and oxygen atoms in total. The number of hydrogen-bond donors (Lipinski definition) is 0. The molecule has 0 atom stereocenters. The van der Waals surface area contributed by atoms with E-state index in [1.165, 1.54) is 16.7 Å². The van der Waals surface area contributed by atoms with Gasteiger partial charge in [0.2, 0.25) is 0 Å². The molecule has 1 aliphatic rings. The molecule has 0 saturated heterocycles. The summed E-state index contributed by atoms with van der Waals surface area (Å²) >= 11 is 0. The molecule has 4 rings (SSSR count). The van der Waals surface area contributed by atoms with Crippen LogP contribution in [0.4, 0.5) is 0 Å². The minimum absolute atomic E-state index is 0.0548. The Bertz CT molecular complexity index is 981. The Morgan fingerprint density at radius 2 is 1.92 bits per heavy atom. The molecule has 0 unspecified atom stereocenters. The first kappa shape index (κ1) is 16.8. The molecule has 26 heavy (non-hydrogen) atoms. The maximum absolute atomic E-state index is 12.3. The monoisotopic (exact) mass is 348 g/mol. The molecule has 0 N–H and O–H groups in total. The van der Waals surface area contributed by atoms with Gasteiger partial charge in [0.1, 0.15) is 0 Å². The Balaban J connectivity index is 1.32. The summed E-state index contributed by atoms with van der Waals surface area (Å²) in [5.74, 6) is 0. The number of aryl methyl sites for hydroxylation is 2. The first-order chi connectivity index (χ1) is 12.7. The van der Waals surface area contributed by atoms with Crippen molar-refractivity contribution in [1.29, 1.82) is 0 Å². The second-order valence-electron chi connectivity index (χ2n) is 6.93. The fraction of sp³-hybridized carbons (Fsp3) is 0.333. The van der Waals surface area contributed by atoms with Crippen molar-refractivity contribution in [2.24, 2.45) is 0 Å². The first-order valence-electron chi connectivity index (χ1n) is 9.23. The van der Waals surface area contributed by atoms with Crippen LogP contribution in [0.2, 0.25) is 0 Å². The van der Waals surface area contributed by atoms with Gasteiger partial charge in [0.15, 0.2) is 5.65 Å². The lowest BCUT2D eigenvalue weighted by Gasteiger charge is -2.26. The Labute approximate surface area is 153 Å². The summed E-state index contributed by atoms with van der Waals surface area (Å²) < 4.78 is 3.17. The van der Waals surface area contributed by atoms with E-state index in [1.54, 1.807) is 15.3 Å². The highest BCUT2D eigenvalue weighted by Gasteiger charge is 2.13. The molecule has 0 bridgehead atoms. The quantitative estimate of drug-likeness (QED) is 0.712. The average molecular weight is 348 g/mol. The third-order valence-corrected chi connectivity index (χ3v) is 5.05. The minimum atomic E-state index is -0.0548. The second kappa shape index (κ2) is 7.30. The predicted octanol–water partition coefficient (Wildman–Crippen LogP) is 2.98. The zero-order valence-electron chi connectivity index (χ0n) is 15.1. The Kier molecular flexibility index (Phi) is 4.71. The zero-order chi connectivity index (χ0) is 17.9. The summed E-state index contributed by atoms with van der Waals surface area (Å²) in [5, 5.41) is 4.39. The van der Waals surface area contributed by atoms with Gasteiger partial charge in [-0.3, -0.25) is 9.30 Å². The predicted molar refractivity (Wildman–Crippen MR) is 104 cm³/mol. The Hall–Kier alpha value is -2.66. The smallest absolute Gasteiger partial charge is 0.299 e. The summed E-state index contributed by atoms with van der Waals surface area (Å²) in [4.78, 5) is 14.7. The minimum Gasteiger partial charge on any atom is -0.299 e. The number of benzene rings is 1. The SMILES string of the molecule is Cc1ccc(C2=CCN(CCCn3nc4ccccn4c3=O)CC2)cc1. The van der Waals surface area contributed by atoms with Crippen LogP contribution in [0, 0.1) is 6.92 Å². The largest absolute Gasteiger partial charge is 0.350 e. The Morgan fingerprint density at radius 1 is 1.08 bits per heavy atom. The van der Waals surface area contributed by atoms with Gasteiger partial charge < -0.3 is 0 Å². The van der Waals surface area contributed by atoms with Crippen LogP contribution in [0.5, 0.6) is 0 Å². The number of nitrogens with zero attached hydrogens (tertiary/aromatic N) is 4. The lowest BCUT2D eigenvalue weighted by molar-refractivity contribution is 0.288. The number of rotatable bonds is 5. The van der Waals surface area contributed by atoms with E-state index in [4.69, 9.17) is 0 Å². The van der Waals surface area contributed by atoms with E-state index in [9.17, 15) is 4.79 Å². The van der Waals surface area contributed by atoms with Crippen LogP contribution in [-0.4, -0.2) is 38.7 Å². The molecule has 3 aromatic rings. The lowest BCUT2D eigenvalue weighted by atomic mass is 9.98. The average Bonchev–Trinajstić information content (AvgIpc) is 2.99. The fourth-order valence-corrected chi connectivity index (χ4v) is 3.50. The van der Waals surface area contributed by atoms with E-state index < -0.39 is 0 Å². The van der Waals surface area contributed by atoms with Crippen molar-refractivity contribution in [1.82, 2.24) is 19.1 Å². The molecule has 0 amide bonds. The van der Waals surface area contributed by atoms with E-state index >= 15 is 0 Å². The van der Waals surface area contributed by atoms with E-state index in [2.05, 4.69) is 47.3 Å². The summed E-state index contributed by atoms with van der Waals surface area (Å²) in [7, 11) is 0. The highest BCUT2D eigenvalue weighted by atomic mass is 16.2. The van der Waals surface area contributed by atoms with Gasteiger partial charge in [0.05, 0.1) is 0 Å². The molecule has 0 saturated carbocycles. The third-order valence-electron chi connectivity index (χ3n) is 5.05. The zero-order valence-corrected chi connectivity index (χ0v) is 15.1. The molecule has 3 heterocycles. The molecule has 0 spiro atoms. The summed E-state index contributed by atoms with van der Waals surface area (Å²) in [5.41, 5.74) is 4.74. The molecule has 0 aliphatic carbocycles. The lowest BCUT2D eigenvalue weighted by Crippen LogP contribution is -2.31. The fourth-order valence-electron chi connectivity index (χ4n) is 3.50. The van der Waals surface area contributed by atoms with Gasteiger partial charge in [-0.1, -0.05) is 42.0 Å². The normalized spacial score (nSPS) is 15.3. The van der Waals surface area contributed by atoms with Crippen molar-refractivity contribution < 1.29 is 0 Å². The number of pyridine rings is 1. The summed E-state index contributed by atoms with van der Waals surface area (Å²) in [6.45, 7) is 5.81. The van der Waals surface area contributed by atoms with Crippen molar-refractivity contribution in [2.45, 2.75) is 26.3 Å². The van der Waals surface area contributed by atoms with Crippen molar-refractivity contribution in [2.75, 3.05) is 19.6 Å². The first-order valence-corrected chi connectivity index (χ1v) is 9.23. The second-order valence-corrected chi connectivity index (χ2v) is 6.93. The highest BCUT2D eigenvalue weighted by molar-refractivity contribution is 5.66. The number of aromatic nitrogens is 3. The number of fused-ring (bicyclic) bond motifs is 1. The van der Waals surface area contributed by atoms with Gasteiger partial charge >= 0.3 is 5.69 Å². The van der Waals surface area contributed by atoms with Gasteiger partial charge in [-0.05, 0) is 43.0 Å². The van der Waals surface area contributed by atoms with Crippen molar-refractivity contribution in [3.63, 3.8) is 0 Å². The van der Waals surface area contributed by atoms with E-state index in [0.717, 1.165) is 32.5 Å². The molecular formula is C21H24N4O. The van der Waals surface area contributed by atoms with Gasteiger partial charge in [-0.2, -0.15) is 0 Å². The molecule has 134 valence electrons. The molecule has 1 aliphatic heterocycles. The molecular weight excluding hydrogens is 324 g/mol. The van der Waals surface area contributed by atoms with Gasteiger partial charge in [-0.15, -0.1) is 5.10 Å². The standard InChI is InChI=1S/C21H24N4O/c1-17-6-8-18(9-7-17)19-10-15-23(16-11-19)12-4-14-25-21(26)24-13-3-2-5-20(24)22-25/h2-3,5-10,13H,4,11-12,14-16H2,1H3. The molecule has 1 aromatic carbocycles. The van der Waals surface area contributed by atoms with Crippen molar-refractivity contribution in [3.8, 4) is 0 Å². The highest BCUT2D eigenvalue weighted by Crippen LogP contribution is 2.22. The van der Waals surface area contributed by atoms with E-state index in [1.807, 2.05) is 18.2 Å². The van der Waals surface area contributed by atoms with Crippen LogP contribution < -0.4 is 5.69 Å². The van der Waals surface area contributed by atoms with Crippen LogP contribution in [0.15, 0.2) is 59.5 Å². The van der Waals surface area contributed by atoms with Gasteiger partial charge in [0, 0.05) is 32.4 Å². The van der Waals surface area contributed by atoms with Crippen molar-refractivity contribution >= 4 is 11.2 Å². The van der Waals surface area contributed by atoms with Crippen LogP contribution in [-0.2, 0) is 6.54 Å². The van der Waals surface area contributed by atoms with Crippen molar-refractivity contribution in [3.05, 3.63) is 76.3 Å². The van der Waals surface area contributed by atoms with Crippen LogP contribution in [0.3, 0.4) is 0 Å². The molecule has 5 heteroatoms.